The van der Waals surface area contributed by atoms with Gasteiger partial charge in [-0.15, -0.1) is 0 Å². The Labute approximate surface area is 88.7 Å². The molecule has 1 fully saturated rings. The van der Waals surface area contributed by atoms with Crippen LogP contribution in [0.5, 0.6) is 0 Å². The van der Waals surface area contributed by atoms with Crippen molar-refractivity contribution in [2.45, 2.75) is 32.3 Å². The zero-order valence-corrected chi connectivity index (χ0v) is 9.25. The van der Waals surface area contributed by atoms with E-state index in [1.807, 2.05) is 6.92 Å². The lowest BCUT2D eigenvalue weighted by Gasteiger charge is -2.30. The standard InChI is InChI=1S/C10H15ClN2O/c1-6-8(10(11)13(2)12-6)9(14)7-4-3-5-7/h7,9,14H,3-5H2,1-2H3. The van der Waals surface area contributed by atoms with Gasteiger partial charge in [0, 0.05) is 12.6 Å². The number of hydrogen-bond donors (Lipinski definition) is 1. The van der Waals surface area contributed by atoms with E-state index in [0.717, 1.165) is 24.1 Å². The molecule has 0 aromatic carbocycles. The van der Waals surface area contributed by atoms with Crippen molar-refractivity contribution in [1.29, 1.82) is 0 Å². The van der Waals surface area contributed by atoms with Crippen molar-refractivity contribution in [3.8, 4) is 0 Å². The fourth-order valence-corrected chi connectivity index (χ4v) is 2.26. The summed E-state index contributed by atoms with van der Waals surface area (Å²) in [5.74, 6) is 0.385. The zero-order valence-electron chi connectivity index (χ0n) is 8.50. The quantitative estimate of drug-likeness (QED) is 0.820. The maximum atomic E-state index is 10.1. The highest BCUT2D eigenvalue weighted by Crippen LogP contribution is 2.40. The molecule has 0 bridgehead atoms. The van der Waals surface area contributed by atoms with Gasteiger partial charge in [0.25, 0.3) is 0 Å². The van der Waals surface area contributed by atoms with Crippen LogP contribution in [0.25, 0.3) is 0 Å². The monoisotopic (exact) mass is 214 g/mol. The molecule has 0 saturated heterocycles. The van der Waals surface area contributed by atoms with E-state index in [1.54, 1.807) is 11.7 Å². The Hall–Kier alpha value is -0.540. The first-order valence-corrected chi connectivity index (χ1v) is 5.36. The SMILES string of the molecule is Cc1nn(C)c(Cl)c1C(O)C1CCC1. The molecule has 0 radical (unpaired) electrons. The summed E-state index contributed by atoms with van der Waals surface area (Å²) < 4.78 is 1.62. The summed E-state index contributed by atoms with van der Waals surface area (Å²) in [7, 11) is 1.80. The molecule has 1 saturated carbocycles. The number of nitrogens with zero attached hydrogens (tertiary/aromatic N) is 2. The van der Waals surface area contributed by atoms with Gasteiger partial charge in [0.2, 0.25) is 0 Å². The smallest absolute Gasteiger partial charge is 0.132 e. The second-order valence-electron chi connectivity index (χ2n) is 4.05. The van der Waals surface area contributed by atoms with Gasteiger partial charge in [-0.25, -0.2) is 0 Å². The van der Waals surface area contributed by atoms with Crippen LogP contribution in [0.2, 0.25) is 5.15 Å². The number of aliphatic hydroxyl groups excluding tert-OH is 1. The van der Waals surface area contributed by atoms with Crippen molar-refractivity contribution in [2.24, 2.45) is 13.0 Å². The summed E-state index contributed by atoms with van der Waals surface area (Å²) in [5, 5.41) is 14.8. The highest BCUT2D eigenvalue weighted by atomic mass is 35.5. The molecule has 1 heterocycles. The highest BCUT2D eigenvalue weighted by molar-refractivity contribution is 6.30. The normalized spacial score (nSPS) is 19.4. The first-order chi connectivity index (χ1) is 6.61. The summed E-state index contributed by atoms with van der Waals surface area (Å²) in [5.41, 5.74) is 1.66. The fraction of sp³-hybridized carbons (Fsp3) is 0.700. The Kier molecular flexibility index (Phi) is 2.54. The molecular weight excluding hydrogens is 200 g/mol. The third-order valence-corrected chi connectivity index (χ3v) is 3.54. The molecule has 1 aromatic rings. The lowest BCUT2D eigenvalue weighted by molar-refractivity contribution is 0.0616. The number of aryl methyl sites for hydroxylation is 2. The van der Waals surface area contributed by atoms with Crippen LogP contribution in [-0.2, 0) is 7.05 Å². The van der Waals surface area contributed by atoms with Gasteiger partial charge in [-0.2, -0.15) is 5.10 Å². The van der Waals surface area contributed by atoms with E-state index in [1.165, 1.54) is 6.42 Å². The maximum absolute atomic E-state index is 10.1. The van der Waals surface area contributed by atoms with Crippen LogP contribution in [0.4, 0.5) is 0 Å². The summed E-state index contributed by atoms with van der Waals surface area (Å²) in [6, 6.07) is 0. The average molecular weight is 215 g/mol. The molecule has 1 unspecified atom stereocenters. The second-order valence-corrected chi connectivity index (χ2v) is 4.41. The van der Waals surface area contributed by atoms with Crippen LogP contribution in [-0.4, -0.2) is 14.9 Å². The summed E-state index contributed by atoms with van der Waals surface area (Å²) >= 11 is 6.07. The Balaban J connectivity index is 2.29. The van der Waals surface area contributed by atoms with Crippen LogP contribution >= 0.6 is 11.6 Å². The van der Waals surface area contributed by atoms with Gasteiger partial charge in [-0.3, -0.25) is 4.68 Å². The molecule has 14 heavy (non-hydrogen) atoms. The molecule has 0 spiro atoms. The van der Waals surface area contributed by atoms with Gasteiger partial charge in [-0.05, 0) is 25.7 Å². The number of halogens is 1. The number of aliphatic hydroxyl groups is 1. The van der Waals surface area contributed by atoms with E-state index in [0.29, 0.717) is 11.1 Å². The minimum absolute atomic E-state index is 0.385. The molecule has 3 nitrogen and oxygen atoms in total. The predicted molar refractivity (Wildman–Crippen MR) is 55.3 cm³/mol. The molecule has 1 aliphatic carbocycles. The van der Waals surface area contributed by atoms with Crippen LogP contribution in [0.1, 0.15) is 36.6 Å². The summed E-state index contributed by atoms with van der Waals surface area (Å²) in [6.45, 7) is 1.89. The second kappa shape index (κ2) is 3.55. The van der Waals surface area contributed by atoms with Crippen LogP contribution in [0.15, 0.2) is 0 Å². The van der Waals surface area contributed by atoms with E-state index in [2.05, 4.69) is 5.10 Å². The number of rotatable bonds is 2. The van der Waals surface area contributed by atoms with Gasteiger partial charge < -0.3 is 5.11 Å². The predicted octanol–water partition coefficient (Wildman–Crippen LogP) is 2.22. The molecular formula is C10H15ClN2O. The van der Waals surface area contributed by atoms with Crippen molar-refractivity contribution in [1.82, 2.24) is 9.78 Å². The third kappa shape index (κ3) is 1.44. The average Bonchev–Trinajstić information content (AvgIpc) is 2.23. The van der Waals surface area contributed by atoms with Crippen molar-refractivity contribution in [3.63, 3.8) is 0 Å². The van der Waals surface area contributed by atoms with Crippen LogP contribution in [0.3, 0.4) is 0 Å². The van der Waals surface area contributed by atoms with E-state index in [-0.39, 0.29) is 0 Å². The summed E-state index contributed by atoms with van der Waals surface area (Å²) in [4.78, 5) is 0. The summed E-state index contributed by atoms with van der Waals surface area (Å²) in [6.07, 6.45) is 3.00. The topological polar surface area (TPSA) is 38.0 Å². The molecule has 0 aliphatic heterocycles. The van der Waals surface area contributed by atoms with E-state index in [9.17, 15) is 5.11 Å². The fourth-order valence-electron chi connectivity index (χ4n) is 1.97. The lowest BCUT2D eigenvalue weighted by atomic mass is 9.79. The minimum Gasteiger partial charge on any atom is -0.388 e. The molecule has 0 amide bonds. The van der Waals surface area contributed by atoms with E-state index in [4.69, 9.17) is 11.6 Å². The maximum Gasteiger partial charge on any atom is 0.132 e. The van der Waals surface area contributed by atoms with Crippen molar-refractivity contribution in [3.05, 3.63) is 16.4 Å². The minimum atomic E-state index is -0.426. The Morgan fingerprint density at radius 2 is 2.21 bits per heavy atom. The lowest BCUT2D eigenvalue weighted by Crippen LogP contribution is -2.20. The van der Waals surface area contributed by atoms with Gasteiger partial charge in [0.05, 0.1) is 11.8 Å². The number of aromatic nitrogens is 2. The first-order valence-electron chi connectivity index (χ1n) is 4.98. The molecule has 78 valence electrons. The van der Waals surface area contributed by atoms with Crippen LogP contribution < -0.4 is 0 Å². The molecule has 1 N–H and O–H groups in total. The van der Waals surface area contributed by atoms with E-state index < -0.39 is 6.10 Å². The van der Waals surface area contributed by atoms with Crippen LogP contribution in [0, 0.1) is 12.8 Å². The zero-order chi connectivity index (χ0) is 10.3. The molecule has 1 aromatic heterocycles. The van der Waals surface area contributed by atoms with E-state index >= 15 is 0 Å². The van der Waals surface area contributed by atoms with Gasteiger partial charge in [0.1, 0.15) is 5.15 Å². The Morgan fingerprint density at radius 3 is 2.57 bits per heavy atom. The molecule has 4 heteroatoms. The highest BCUT2D eigenvalue weighted by Gasteiger charge is 2.30. The molecule has 2 rings (SSSR count). The Bertz CT molecular complexity index is 344. The van der Waals surface area contributed by atoms with Crippen molar-refractivity contribution < 1.29 is 5.11 Å². The number of hydrogen-bond acceptors (Lipinski definition) is 2. The first kappa shape index (κ1) is 9.99. The van der Waals surface area contributed by atoms with Gasteiger partial charge in [0.15, 0.2) is 0 Å². The molecule has 1 atom stereocenters. The van der Waals surface area contributed by atoms with Gasteiger partial charge in [-0.1, -0.05) is 18.0 Å². The Morgan fingerprint density at radius 1 is 1.57 bits per heavy atom. The van der Waals surface area contributed by atoms with Gasteiger partial charge >= 0.3 is 0 Å². The van der Waals surface area contributed by atoms with Crippen molar-refractivity contribution in [2.75, 3.05) is 0 Å². The molecule has 1 aliphatic rings. The third-order valence-electron chi connectivity index (χ3n) is 3.09. The van der Waals surface area contributed by atoms with Crippen molar-refractivity contribution >= 4 is 11.6 Å². The largest absolute Gasteiger partial charge is 0.388 e.